The Bertz CT molecular complexity index is 917. The Hall–Kier alpha value is -3.01. The van der Waals surface area contributed by atoms with Gasteiger partial charge in [0.25, 0.3) is 11.4 Å². The monoisotopic (exact) mass is 498 g/mol. The minimum Gasteiger partial charge on any atom is -0.615 e. The molecule has 13 nitrogen and oxygen atoms in total. The van der Waals surface area contributed by atoms with Gasteiger partial charge in [0.1, 0.15) is 11.4 Å². The van der Waals surface area contributed by atoms with Crippen molar-refractivity contribution in [1.82, 2.24) is 0 Å². The third-order valence-corrected chi connectivity index (χ3v) is 6.89. The number of aliphatic hydroxyl groups is 4. The molecule has 2 atom stereocenters. The first-order valence-corrected chi connectivity index (χ1v) is 11.4. The number of benzene rings is 2. The largest absolute Gasteiger partial charge is 0.615 e. The highest BCUT2D eigenvalue weighted by Crippen LogP contribution is 2.38. The summed E-state index contributed by atoms with van der Waals surface area (Å²) in [6.45, 7) is -1.72. The van der Waals surface area contributed by atoms with E-state index in [1.165, 1.54) is 36.4 Å². The topological polar surface area (TPSA) is 214 Å². The van der Waals surface area contributed by atoms with Gasteiger partial charge in [0.15, 0.2) is 10.5 Å². The lowest BCUT2D eigenvalue weighted by atomic mass is 10.1. The molecule has 0 aliphatic heterocycles. The molecule has 186 valence electrons. The van der Waals surface area contributed by atoms with Gasteiger partial charge in [-0.25, -0.2) is 0 Å². The summed E-state index contributed by atoms with van der Waals surface area (Å²) in [7, 11) is 0. The van der Waals surface area contributed by atoms with Gasteiger partial charge in [-0.2, -0.15) is 0 Å². The molecule has 34 heavy (non-hydrogen) atoms. The second kappa shape index (κ2) is 13.0. The highest BCUT2D eigenvalue weighted by atomic mass is 32.2. The molecule has 0 fully saturated rings. The van der Waals surface area contributed by atoms with E-state index in [-0.39, 0.29) is 49.1 Å². The maximum absolute atomic E-state index is 13.4. The number of anilines is 2. The van der Waals surface area contributed by atoms with Crippen molar-refractivity contribution in [2.24, 2.45) is 0 Å². The number of hydrogen-bond donors (Lipinski definition) is 6. The molecule has 0 radical (unpaired) electrons. The van der Waals surface area contributed by atoms with Crippen LogP contribution in [0, 0.1) is 20.2 Å². The van der Waals surface area contributed by atoms with E-state index >= 15 is 0 Å². The Balaban J connectivity index is 2.43. The maximum Gasteiger partial charge on any atom is 0.292 e. The van der Waals surface area contributed by atoms with Gasteiger partial charge >= 0.3 is 0 Å². The molecule has 14 heteroatoms. The second-order valence-corrected chi connectivity index (χ2v) is 8.83. The molecule has 0 saturated heterocycles. The van der Waals surface area contributed by atoms with E-state index in [4.69, 9.17) is 10.2 Å². The maximum atomic E-state index is 13.4. The van der Waals surface area contributed by atoms with Gasteiger partial charge in [-0.1, -0.05) is 0 Å². The summed E-state index contributed by atoms with van der Waals surface area (Å²) in [6, 6.07) is 7.77. The molecule has 2 aromatic rings. The zero-order chi connectivity index (χ0) is 25.3. The fraction of sp³-hybridized carbons (Fsp3) is 0.400. The third kappa shape index (κ3) is 6.53. The summed E-state index contributed by atoms with van der Waals surface area (Å²) in [6.07, 6.45) is 0. The smallest absolute Gasteiger partial charge is 0.292 e. The summed E-state index contributed by atoms with van der Waals surface area (Å²) in [5, 5.41) is 63.9. The number of nitro benzene ring substituents is 2. The van der Waals surface area contributed by atoms with E-state index in [9.17, 15) is 35.0 Å². The van der Waals surface area contributed by atoms with Gasteiger partial charge in [0, 0.05) is 36.3 Å². The molecule has 2 rings (SSSR count). The van der Waals surface area contributed by atoms with Gasteiger partial charge in [-0.05, 0) is 35.4 Å². The van der Waals surface area contributed by atoms with Crippen molar-refractivity contribution in [3.05, 3.63) is 67.8 Å². The van der Waals surface area contributed by atoms with Crippen LogP contribution in [-0.4, -0.2) is 74.3 Å². The zero-order valence-electron chi connectivity index (χ0n) is 18.0. The Morgan fingerprint density at radius 2 is 1.15 bits per heavy atom. The number of nitrogens with zero attached hydrogens (tertiary/aromatic N) is 2. The second-order valence-electron chi connectivity index (χ2n) is 7.04. The van der Waals surface area contributed by atoms with Crippen molar-refractivity contribution >= 4 is 33.9 Å². The normalized spacial score (nSPS) is 13.7. The number of nitrogens with one attached hydrogen (secondary N) is 2. The summed E-state index contributed by atoms with van der Waals surface area (Å²) < 4.78 is 13.4. The molecule has 0 amide bonds. The van der Waals surface area contributed by atoms with Crippen molar-refractivity contribution < 1.29 is 34.8 Å². The van der Waals surface area contributed by atoms with Crippen molar-refractivity contribution in [2.45, 2.75) is 10.5 Å². The first-order chi connectivity index (χ1) is 16.3. The molecule has 2 aromatic carbocycles. The highest BCUT2D eigenvalue weighted by molar-refractivity contribution is 7.92. The van der Waals surface area contributed by atoms with E-state index in [1.807, 2.05) is 0 Å². The molecule has 6 N–H and O–H groups in total. The van der Waals surface area contributed by atoms with Crippen LogP contribution in [0.25, 0.3) is 0 Å². The molecule has 0 aliphatic rings. The van der Waals surface area contributed by atoms with Crippen LogP contribution in [-0.2, 0) is 11.2 Å². The number of nitro groups is 2. The quantitative estimate of drug-likeness (QED) is 0.122. The number of rotatable bonds is 14. The van der Waals surface area contributed by atoms with Crippen LogP contribution in [0.15, 0.2) is 36.4 Å². The molecule has 0 aromatic heterocycles. The Morgan fingerprint density at radius 1 is 0.765 bits per heavy atom. The van der Waals surface area contributed by atoms with Gasteiger partial charge in [-0.3, -0.25) is 20.2 Å². The molecular formula is C20H26N4O9S. The van der Waals surface area contributed by atoms with Crippen LogP contribution >= 0.6 is 0 Å². The molecule has 0 bridgehead atoms. The lowest BCUT2D eigenvalue weighted by Crippen LogP contribution is -2.26. The van der Waals surface area contributed by atoms with E-state index in [2.05, 4.69) is 10.6 Å². The van der Waals surface area contributed by atoms with Crippen LogP contribution in [0.4, 0.5) is 22.7 Å². The number of aliphatic hydroxyl groups excluding tert-OH is 4. The van der Waals surface area contributed by atoms with Crippen LogP contribution in [0.3, 0.4) is 0 Å². The Labute approximate surface area is 197 Å². The standard InChI is InChI=1S/C20H26N4O9S/c25-7-5-21-15-9-13(1-3-17(15)23(29)30)19(11-27)34(33)20(12-28)14-2-4-18(24(31)32)16(10-14)22-6-8-26/h1-4,9-10,19-22,25-28H,5-8,11-12H2. The Morgan fingerprint density at radius 3 is 1.44 bits per heavy atom. The van der Waals surface area contributed by atoms with E-state index in [0.29, 0.717) is 11.1 Å². The van der Waals surface area contributed by atoms with Crippen LogP contribution in [0.1, 0.15) is 21.6 Å². The van der Waals surface area contributed by atoms with Gasteiger partial charge in [0.2, 0.25) is 0 Å². The highest BCUT2D eigenvalue weighted by Gasteiger charge is 2.35. The lowest BCUT2D eigenvalue weighted by Gasteiger charge is -2.27. The van der Waals surface area contributed by atoms with Gasteiger partial charge < -0.3 is 35.6 Å². The predicted molar refractivity (Wildman–Crippen MR) is 125 cm³/mol. The molecule has 0 spiro atoms. The average Bonchev–Trinajstić information content (AvgIpc) is 2.82. The first kappa shape index (κ1) is 27.2. The first-order valence-electron chi connectivity index (χ1n) is 10.2. The van der Waals surface area contributed by atoms with Crippen molar-refractivity contribution in [1.29, 1.82) is 0 Å². The van der Waals surface area contributed by atoms with Crippen molar-refractivity contribution in [3.63, 3.8) is 0 Å². The molecule has 0 aliphatic carbocycles. The van der Waals surface area contributed by atoms with Crippen LogP contribution in [0.2, 0.25) is 0 Å². The fourth-order valence-corrected chi connectivity index (χ4v) is 4.84. The van der Waals surface area contributed by atoms with E-state index in [1.54, 1.807) is 0 Å². The molecular weight excluding hydrogens is 472 g/mol. The van der Waals surface area contributed by atoms with Crippen molar-refractivity contribution in [3.8, 4) is 0 Å². The van der Waals surface area contributed by atoms with Gasteiger partial charge in [0.05, 0.1) is 36.3 Å². The van der Waals surface area contributed by atoms with Crippen LogP contribution < -0.4 is 10.6 Å². The Kier molecular flexibility index (Phi) is 10.4. The van der Waals surface area contributed by atoms with Crippen LogP contribution in [0.5, 0.6) is 0 Å². The summed E-state index contributed by atoms with van der Waals surface area (Å²) in [5.41, 5.74) is 0.190. The van der Waals surface area contributed by atoms with E-state index in [0.717, 1.165) is 0 Å². The fourth-order valence-electron chi connectivity index (χ4n) is 3.31. The summed E-state index contributed by atoms with van der Waals surface area (Å²) >= 11 is -1.95. The minimum absolute atomic E-state index is 0.0306. The zero-order valence-corrected chi connectivity index (χ0v) is 18.8. The third-order valence-electron chi connectivity index (χ3n) is 4.93. The molecule has 0 saturated carbocycles. The van der Waals surface area contributed by atoms with E-state index < -0.39 is 44.7 Å². The van der Waals surface area contributed by atoms with Gasteiger partial charge in [-0.15, -0.1) is 0 Å². The molecule has 0 heterocycles. The summed E-state index contributed by atoms with van der Waals surface area (Å²) in [5.74, 6) is 0. The number of hydrogen-bond acceptors (Lipinski definition) is 11. The average molecular weight is 499 g/mol. The minimum atomic E-state index is -1.95. The SMILES string of the molecule is O=[N+]([O-])c1ccc(C(CO)[S+]([O-])C(CO)c2ccc([N+](=O)[O-])c(NCCO)c2)cc1NCCO. The van der Waals surface area contributed by atoms with Crippen molar-refractivity contribution in [2.75, 3.05) is 50.2 Å². The summed E-state index contributed by atoms with van der Waals surface area (Å²) in [4.78, 5) is 21.3. The lowest BCUT2D eigenvalue weighted by molar-refractivity contribution is -0.384. The molecule has 2 unspecified atom stereocenters. The predicted octanol–water partition coefficient (Wildman–Crippen LogP) is 0.827.